The minimum absolute atomic E-state index is 0.0184. The second-order valence-electron chi connectivity index (χ2n) is 6.10. The van der Waals surface area contributed by atoms with Gasteiger partial charge in [-0.15, -0.1) is 0 Å². The average molecular weight is 279 g/mol. The van der Waals surface area contributed by atoms with Crippen LogP contribution in [-0.4, -0.2) is 36.4 Å². The number of nitrogens with zero attached hydrogens (tertiary/aromatic N) is 2. The monoisotopic (exact) mass is 279 g/mol. The Hall–Kier alpha value is -2.11. The summed E-state index contributed by atoms with van der Waals surface area (Å²) in [5.41, 5.74) is 0.759. The first kappa shape index (κ1) is 15.9. The molecule has 6 heteroatoms. The van der Waals surface area contributed by atoms with Crippen molar-refractivity contribution in [3.8, 4) is 0 Å². The Morgan fingerprint density at radius 1 is 1.35 bits per heavy atom. The third kappa shape index (κ3) is 4.22. The minimum Gasteiger partial charge on any atom is -0.379 e. The Labute approximate surface area is 118 Å². The highest BCUT2D eigenvalue weighted by atomic mass is 16.6. The van der Waals surface area contributed by atoms with Crippen LogP contribution in [0.15, 0.2) is 18.2 Å². The number of anilines is 1. The van der Waals surface area contributed by atoms with Crippen LogP contribution in [0.3, 0.4) is 0 Å². The number of rotatable bonds is 4. The third-order valence-electron chi connectivity index (χ3n) is 2.66. The molecule has 20 heavy (non-hydrogen) atoms. The molecule has 0 saturated heterocycles. The van der Waals surface area contributed by atoms with Crippen LogP contribution < -0.4 is 5.32 Å². The predicted molar refractivity (Wildman–Crippen MR) is 79.1 cm³/mol. The highest BCUT2D eigenvalue weighted by Crippen LogP contribution is 2.27. The lowest BCUT2D eigenvalue weighted by atomic mass is 9.97. The van der Waals surface area contributed by atoms with Crippen LogP contribution in [0.1, 0.15) is 31.1 Å². The van der Waals surface area contributed by atoms with Crippen molar-refractivity contribution in [1.82, 2.24) is 4.90 Å². The Bertz CT molecular complexity index is 519. The van der Waals surface area contributed by atoms with Crippen molar-refractivity contribution in [2.75, 3.05) is 26.0 Å². The molecule has 0 fully saturated rings. The number of carbonyl (C=O) groups excluding carboxylic acids is 1. The first-order chi connectivity index (χ1) is 9.11. The molecule has 110 valence electrons. The summed E-state index contributed by atoms with van der Waals surface area (Å²) >= 11 is 0. The molecule has 0 saturated carbocycles. The number of carbonyl (C=O) groups is 1. The van der Waals surface area contributed by atoms with Crippen LogP contribution in [-0.2, 0) is 0 Å². The fourth-order valence-corrected chi connectivity index (χ4v) is 1.59. The maximum absolute atomic E-state index is 11.9. The van der Waals surface area contributed by atoms with Gasteiger partial charge in [0.2, 0.25) is 0 Å². The number of benzene rings is 1. The van der Waals surface area contributed by atoms with Gasteiger partial charge >= 0.3 is 0 Å². The summed E-state index contributed by atoms with van der Waals surface area (Å²) in [6.07, 6.45) is 0. The van der Waals surface area contributed by atoms with Crippen LogP contribution in [0.4, 0.5) is 11.4 Å². The number of hydrogen-bond acceptors (Lipinski definition) is 4. The molecule has 1 rings (SSSR count). The summed E-state index contributed by atoms with van der Waals surface area (Å²) in [6, 6.07) is 4.37. The zero-order valence-corrected chi connectivity index (χ0v) is 12.6. The molecule has 1 aromatic rings. The van der Waals surface area contributed by atoms with Crippen LogP contribution in [0, 0.1) is 15.5 Å². The number of hydrogen-bond donors (Lipinski definition) is 1. The maximum atomic E-state index is 11.9. The second kappa shape index (κ2) is 5.90. The van der Waals surface area contributed by atoms with E-state index < -0.39 is 4.92 Å². The summed E-state index contributed by atoms with van der Waals surface area (Å²) in [5.74, 6) is -0.182. The number of nitrogens with one attached hydrogen (secondary N) is 1. The lowest BCUT2D eigenvalue weighted by Crippen LogP contribution is -2.23. The van der Waals surface area contributed by atoms with Gasteiger partial charge in [0.1, 0.15) is 5.69 Å². The predicted octanol–water partition coefficient (Wildman–Crippen LogP) is 2.75. The van der Waals surface area contributed by atoms with Gasteiger partial charge in [-0.2, -0.15) is 0 Å². The van der Waals surface area contributed by atoms with E-state index in [0.29, 0.717) is 17.8 Å². The molecule has 0 bridgehead atoms. The number of nitro groups is 1. The molecule has 0 spiro atoms. The standard InChI is InChI=1S/C14H21N3O3/c1-14(2,3)9-15-11-8-10(13(18)16(4)5)6-7-12(11)17(19)20/h6-8,15H,9H2,1-5H3. The van der Waals surface area contributed by atoms with Gasteiger partial charge in [-0.25, -0.2) is 0 Å². The second-order valence-corrected chi connectivity index (χ2v) is 6.10. The quantitative estimate of drug-likeness (QED) is 0.679. The molecule has 1 N–H and O–H groups in total. The van der Waals surface area contributed by atoms with Crippen LogP contribution in [0.25, 0.3) is 0 Å². The summed E-state index contributed by atoms with van der Waals surface area (Å²) in [7, 11) is 3.29. The topological polar surface area (TPSA) is 75.5 Å². The van der Waals surface area contributed by atoms with E-state index in [4.69, 9.17) is 0 Å². The van der Waals surface area contributed by atoms with Crippen LogP contribution >= 0.6 is 0 Å². The molecule has 0 unspecified atom stereocenters. The molecule has 0 aliphatic heterocycles. The molecular weight excluding hydrogens is 258 g/mol. The van der Waals surface area contributed by atoms with E-state index >= 15 is 0 Å². The van der Waals surface area contributed by atoms with Crippen molar-refractivity contribution in [1.29, 1.82) is 0 Å². The first-order valence-corrected chi connectivity index (χ1v) is 6.36. The maximum Gasteiger partial charge on any atom is 0.292 e. The van der Waals surface area contributed by atoms with Crippen molar-refractivity contribution in [3.63, 3.8) is 0 Å². The molecule has 0 atom stereocenters. The van der Waals surface area contributed by atoms with Crippen molar-refractivity contribution in [2.24, 2.45) is 5.41 Å². The Balaban J connectivity index is 3.12. The van der Waals surface area contributed by atoms with E-state index in [1.54, 1.807) is 14.1 Å². The SMILES string of the molecule is CN(C)C(=O)c1ccc([N+](=O)[O-])c(NCC(C)(C)C)c1. The largest absolute Gasteiger partial charge is 0.379 e. The summed E-state index contributed by atoms with van der Waals surface area (Å²) in [4.78, 5) is 23.9. The minimum atomic E-state index is -0.449. The highest BCUT2D eigenvalue weighted by Gasteiger charge is 2.19. The Morgan fingerprint density at radius 2 is 1.95 bits per heavy atom. The lowest BCUT2D eigenvalue weighted by Gasteiger charge is -2.20. The van der Waals surface area contributed by atoms with Crippen LogP contribution in [0.2, 0.25) is 0 Å². The molecule has 0 aliphatic rings. The highest BCUT2D eigenvalue weighted by molar-refractivity contribution is 5.95. The van der Waals surface area contributed by atoms with E-state index in [2.05, 4.69) is 5.32 Å². The third-order valence-corrected chi connectivity index (χ3v) is 2.66. The van der Waals surface area contributed by atoms with Gasteiger partial charge in [-0.3, -0.25) is 14.9 Å². The van der Waals surface area contributed by atoms with Crippen molar-refractivity contribution in [2.45, 2.75) is 20.8 Å². The average Bonchev–Trinajstić information content (AvgIpc) is 2.33. The van der Waals surface area contributed by atoms with E-state index in [-0.39, 0.29) is 17.0 Å². The zero-order valence-electron chi connectivity index (χ0n) is 12.6. The summed E-state index contributed by atoms with van der Waals surface area (Å²) in [5, 5.41) is 14.1. The van der Waals surface area contributed by atoms with Gasteiger partial charge < -0.3 is 10.2 Å². The van der Waals surface area contributed by atoms with Gasteiger partial charge in [-0.1, -0.05) is 20.8 Å². The zero-order chi connectivity index (χ0) is 15.5. The fraction of sp³-hybridized carbons (Fsp3) is 0.500. The molecule has 0 heterocycles. The van der Waals surface area contributed by atoms with Crippen molar-refractivity contribution < 1.29 is 9.72 Å². The molecular formula is C14H21N3O3. The van der Waals surface area contributed by atoms with Crippen LogP contribution in [0.5, 0.6) is 0 Å². The van der Waals surface area contributed by atoms with Crippen molar-refractivity contribution >= 4 is 17.3 Å². The molecule has 0 radical (unpaired) electrons. The summed E-state index contributed by atoms with van der Waals surface area (Å²) in [6.45, 7) is 6.66. The van der Waals surface area contributed by atoms with E-state index in [1.807, 2.05) is 20.8 Å². The van der Waals surface area contributed by atoms with E-state index in [1.165, 1.54) is 23.1 Å². The van der Waals surface area contributed by atoms with E-state index in [9.17, 15) is 14.9 Å². The van der Waals surface area contributed by atoms with Gasteiger partial charge in [0.25, 0.3) is 11.6 Å². The lowest BCUT2D eigenvalue weighted by molar-refractivity contribution is -0.384. The smallest absolute Gasteiger partial charge is 0.292 e. The normalized spacial score (nSPS) is 11.1. The molecule has 0 aromatic heterocycles. The first-order valence-electron chi connectivity index (χ1n) is 6.36. The van der Waals surface area contributed by atoms with Gasteiger partial charge in [-0.05, 0) is 17.5 Å². The summed E-state index contributed by atoms with van der Waals surface area (Å²) < 4.78 is 0. The van der Waals surface area contributed by atoms with Gasteiger partial charge in [0.15, 0.2) is 0 Å². The van der Waals surface area contributed by atoms with Gasteiger partial charge in [0.05, 0.1) is 4.92 Å². The fourth-order valence-electron chi connectivity index (χ4n) is 1.59. The van der Waals surface area contributed by atoms with Crippen molar-refractivity contribution in [3.05, 3.63) is 33.9 Å². The molecule has 1 aromatic carbocycles. The Kier molecular flexibility index (Phi) is 4.70. The molecule has 6 nitrogen and oxygen atoms in total. The Morgan fingerprint density at radius 3 is 2.40 bits per heavy atom. The van der Waals surface area contributed by atoms with E-state index in [0.717, 1.165) is 0 Å². The number of nitro benzene ring substituents is 1. The van der Waals surface area contributed by atoms with Gasteiger partial charge in [0, 0.05) is 32.3 Å². The molecule has 1 amide bonds. The molecule has 0 aliphatic carbocycles. The number of amides is 1.